The Hall–Kier alpha value is -2.79. The van der Waals surface area contributed by atoms with Crippen LogP contribution in [0.25, 0.3) is 10.9 Å². The molecular formula is C21H21ClN2O3. The van der Waals surface area contributed by atoms with Gasteiger partial charge in [0.05, 0.1) is 16.2 Å². The third-order valence-electron chi connectivity index (χ3n) is 4.42. The topological polar surface area (TPSA) is 71.3 Å². The number of carbonyl (C=O) groups is 1. The number of nitrogens with zero attached hydrogens (tertiary/aromatic N) is 1. The largest absolute Gasteiger partial charge is 0.506 e. The first-order valence-corrected chi connectivity index (χ1v) is 9.18. The summed E-state index contributed by atoms with van der Waals surface area (Å²) in [6, 6.07) is 13.8. The number of amides is 1. The Balaban J connectivity index is 2.13. The standard InChI is InChI=1S/C21H21ClN2O3/c1-13(2)11-12-24-17-10-6-3-7-14(17)19(25)18(21(24)27)20(26)23-16-9-5-4-8-15(16)22/h3-10,13,25H,11-12H2,1-2H3,(H,23,26). The lowest BCUT2D eigenvalue weighted by Crippen LogP contribution is -2.30. The number of para-hydroxylation sites is 2. The number of hydrogen-bond acceptors (Lipinski definition) is 3. The molecule has 140 valence electrons. The lowest BCUT2D eigenvalue weighted by molar-refractivity contribution is 0.102. The first-order chi connectivity index (χ1) is 12.9. The number of nitrogens with one attached hydrogen (secondary N) is 1. The van der Waals surface area contributed by atoms with Crippen LogP contribution in [-0.4, -0.2) is 15.6 Å². The summed E-state index contributed by atoms with van der Waals surface area (Å²) in [7, 11) is 0. The molecule has 6 heteroatoms. The van der Waals surface area contributed by atoms with Crippen molar-refractivity contribution in [1.29, 1.82) is 0 Å². The highest BCUT2D eigenvalue weighted by atomic mass is 35.5. The van der Waals surface area contributed by atoms with Gasteiger partial charge in [0.2, 0.25) is 0 Å². The van der Waals surface area contributed by atoms with Crippen LogP contribution in [0.5, 0.6) is 5.75 Å². The van der Waals surface area contributed by atoms with E-state index in [0.717, 1.165) is 6.42 Å². The fraction of sp³-hybridized carbons (Fsp3) is 0.238. The molecule has 27 heavy (non-hydrogen) atoms. The third-order valence-corrected chi connectivity index (χ3v) is 4.75. The van der Waals surface area contributed by atoms with E-state index in [0.29, 0.717) is 34.1 Å². The van der Waals surface area contributed by atoms with Crippen molar-refractivity contribution in [2.75, 3.05) is 5.32 Å². The predicted octanol–water partition coefficient (Wildman–Crippen LogP) is 4.66. The highest BCUT2D eigenvalue weighted by Gasteiger charge is 2.22. The molecule has 0 fully saturated rings. The molecule has 0 radical (unpaired) electrons. The van der Waals surface area contributed by atoms with Gasteiger partial charge in [0.1, 0.15) is 11.3 Å². The molecular weight excluding hydrogens is 364 g/mol. The number of pyridine rings is 1. The second kappa shape index (κ2) is 7.84. The zero-order valence-electron chi connectivity index (χ0n) is 15.2. The third kappa shape index (κ3) is 3.83. The fourth-order valence-electron chi connectivity index (χ4n) is 2.95. The molecule has 5 nitrogen and oxygen atoms in total. The van der Waals surface area contributed by atoms with E-state index in [2.05, 4.69) is 19.2 Å². The van der Waals surface area contributed by atoms with E-state index >= 15 is 0 Å². The van der Waals surface area contributed by atoms with Crippen molar-refractivity contribution in [3.63, 3.8) is 0 Å². The van der Waals surface area contributed by atoms with Gasteiger partial charge in [-0.25, -0.2) is 0 Å². The van der Waals surface area contributed by atoms with Gasteiger partial charge >= 0.3 is 0 Å². The van der Waals surface area contributed by atoms with Gasteiger partial charge in [-0.15, -0.1) is 0 Å². The predicted molar refractivity (Wildman–Crippen MR) is 109 cm³/mol. The Morgan fingerprint density at radius 3 is 2.52 bits per heavy atom. The molecule has 0 atom stereocenters. The summed E-state index contributed by atoms with van der Waals surface area (Å²) >= 11 is 6.09. The Morgan fingerprint density at radius 2 is 1.81 bits per heavy atom. The average molecular weight is 385 g/mol. The zero-order valence-corrected chi connectivity index (χ0v) is 16.0. The van der Waals surface area contributed by atoms with Crippen molar-refractivity contribution >= 4 is 34.1 Å². The lowest BCUT2D eigenvalue weighted by atomic mass is 10.1. The summed E-state index contributed by atoms with van der Waals surface area (Å²) in [4.78, 5) is 25.8. The first-order valence-electron chi connectivity index (χ1n) is 8.80. The molecule has 2 N–H and O–H groups in total. The summed E-state index contributed by atoms with van der Waals surface area (Å²) in [6.45, 7) is 4.60. The zero-order chi connectivity index (χ0) is 19.6. The van der Waals surface area contributed by atoms with Crippen molar-refractivity contribution in [3.8, 4) is 5.75 Å². The number of halogens is 1. The van der Waals surface area contributed by atoms with E-state index in [-0.39, 0.29) is 11.3 Å². The van der Waals surface area contributed by atoms with Gasteiger partial charge in [-0.05, 0) is 36.6 Å². The maximum atomic E-state index is 13.0. The van der Waals surface area contributed by atoms with Gasteiger partial charge in [-0.1, -0.05) is 49.7 Å². The van der Waals surface area contributed by atoms with Gasteiger partial charge in [0.25, 0.3) is 11.5 Å². The van der Waals surface area contributed by atoms with Crippen LogP contribution in [0, 0.1) is 5.92 Å². The quantitative estimate of drug-likeness (QED) is 0.672. The molecule has 1 heterocycles. The lowest BCUT2D eigenvalue weighted by Gasteiger charge is -2.16. The summed E-state index contributed by atoms with van der Waals surface area (Å²) in [5.41, 5.74) is 0.188. The number of aromatic hydroxyl groups is 1. The molecule has 1 amide bonds. The summed E-state index contributed by atoms with van der Waals surface area (Å²) < 4.78 is 1.55. The molecule has 0 aliphatic heterocycles. The summed E-state index contributed by atoms with van der Waals surface area (Å²) in [5.74, 6) is -0.611. The molecule has 0 saturated heterocycles. The van der Waals surface area contributed by atoms with Crippen LogP contribution in [0.4, 0.5) is 5.69 Å². The van der Waals surface area contributed by atoms with E-state index in [9.17, 15) is 14.7 Å². The number of hydrogen-bond donors (Lipinski definition) is 2. The minimum absolute atomic E-state index is 0.280. The Labute approximate surface area is 162 Å². The van der Waals surface area contributed by atoms with E-state index in [4.69, 9.17) is 11.6 Å². The maximum absolute atomic E-state index is 13.0. The van der Waals surface area contributed by atoms with Crippen molar-refractivity contribution < 1.29 is 9.90 Å². The van der Waals surface area contributed by atoms with Crippen LogP contribution in [0.2, 0.25) is 5.02 Å². The Bertz CT molecular complexity index is 1060. The molecule has 1 aromatic heterocycles. The molecule has 0 unspecified atom stereocenters. The second-order valence-corrected chi connectivity index (χ2v) is 7.22. The minimum Gasteiger partial charge on any atom is -0.506 e. The van der Waals surface area contributed by atoms with E-state index < -0.39 is 11.5 Å². The number of aromatic nitrogens is 1. The van der Waals surface area contributed by atoms with Gasteiger partial charge in [0, 0.05) is 11.9 Å². The number of fused-ring (bicyclic) bond motifs is 1. The molecule has 3 aromatic rings. The van der Waals surface area contributed by atoms with Crippen LogP contribution in [0.3, 0.4) is 0 Å². The maximum Gasteiger partial charge on any atom is 0.267 e. The molecule has 0 bridgehead atoms. The molecule has 3 rings (SSSR count). The molecule has 0 saturated carbocycles. The molecule has 0 aliphatic rings. The van der Waals surface area contributed by atoms with E-state index in [1.807, 2.05) is 0 Å². The monoisotopic (exact) mass is 384 g/mol. The smallest absolute Gasteiger partial charge is 0.267 e. The number of aryl methyl sites for hydroxylation is 1. The summed E-state index contributed by atoms with van der Waals surface area (Å²) in [5, 5.41) is 14.1. The van der Waals surface area contributed by atoms with Crippen molar-refractivity contribution in [3.05, 3.63) is 69.5 Å². The van der Waals surface area contributed by atoms with Crippen molar-refractivity contribution in [2.45, 2.75) is 26.8 Å². The van der Waals surface area contributed by atoms with Crippen LogP contribution >= 0.6 is 11.6 Å². The fourth-order valence-corrected chi connectivity index (χ4v) is 3.13. The number of rotatable bonds is 5. The Morgan fingerprint density at radius 1 is 1.15 bits per heavy atom. The van der Waals surface area contributed by atoms with Gasteiger partial charge in [-0.2, -0.15) is 0 Å². The Kier molecular flexibility index (Phi) is 5.51. The first kappa shape index (κ1) is 19.0. The number of benzene rings is 2. The average Bonchev–Trinajstić information content (AvgIpc) is 2.63. The number of anilines is 1. The highest BCUT2D eigenvalue weighted by molar-refractivity contribution is 6.34. The molecule has 0 aliphatic carbocycles. The van der Waals surface area contributed by atoms with E-state index in [1.165, 1.54) is 0 Å². The highest BCUT2D eigenvalue weighted by Crippen LogP contribution is 2.28. The van der Waals surface area contributed by atoms with Crippen molar-refractivity contribution in [1.82, 2.24) is 4.57 Å². The second-order valence-electron chi connectivity index (χ2n) is 6.81. The molecule has 2 aromatic carbocycles. The van der Waals surface area contributed by atoms with Crippen LogP contribution in [-0.2, 0) is 6.54 Å². The summed E-state index contributed by atoms with van der Waals surface area (Å²) in [6.07, 6.45) is 0.778. The van der Waals surface area contributed by atoms with Crippen LogP contribution in [0.1, 0.15) is 30.6 Å². The number of carbonyl (C=O) groups excluding carboxylic acids is 1. The normalized spacial score (nSPS) is 11.1. The minimum atomic E-state index is -0.686. The molecule has 0 spiro atoms. The van der Waals surface area contributed by atoms with Crippen LogP contribution < -0.4 is 10.9 Å². The van der Waals surface area contributed by atoms with Gasteiger partial charge < -0.3 is 15.0 Å². The van der Waals surface area contributed by atoms with Crippen LogP contribution in [0.15, 0.2) is 53.3 Å². The SMILES string of the molecule is CC(C)CCn1c(=O)c(C(=O)Nc2ccccc2Cl)c(O)c2ccccc21. The van der Waals surface area contributed by atoms with Crippen molar-refractivity contribution in [2.24, 2.45) is 5.92 Å². The van der Waals surface area contributed by atoms with Gasteiger partial charge in [-0.3, -0.25) is 9.59 Å². The van der Waals surface area contributed by atoms with E-state index in [1.54, 1.807) is 53.1 Å². The van der Waals surface area contributed by atoms with Gasteiger partial charge in [0.15, 0.2) is 0 Å².